The molecule has 1 aromatic heterocycles. The molecule has 1 aliphatic rings. The number of hydrogen-bond donors (Lipinski definition) is 1. The van der Waals surface area contributed by atoms with Gasteiger partial charge in [0.15, 0.2) is 0 Å². The molecule has 150 valence electrons. The van der Waals surface area contributed by atoms with Crippen molar-refractivity contribution in [1.29, 1.82) is 0 Å². The Labute approximate surface area is 173 Å². The lowest BCUT2D eigenvalue weighted by Crippen LogP contribution is -2.48. The van der Waals surface area contributed by atoms with E-state index in [1.807, 2.05) is 11.0 Å². The number of hydrogen-bond acceptors (Lipinski definition) is 6. The minimum Gasteiger partial charge on any atom is -0.385 e. The fourth-order valence-electron chi connectivity index (χ4n) is 3.14. The second-order valence-electron chi connectivity index (χ2n) is 6.70. The number of non-ortho nitro benzene ring substituents is 1. The molecule has 9 heteroatoms. The van der Waals surface area contributed by atoms with Crippen LogP contribution in [0.3, 0.4) is 0 Å². The van der Waals surface area contributed by atoms with Gasteiger partial charge in [0.1, 0.15) is 0 Å². The molecule has 0 bridgehead atoms. The Kier molecular flexibility index (Phi) is 7.24. The fraction of sp³-hybridized carbons (Fsp3) is 0.421. The van der Waals surface area contributed by atoms with E-state index in [4.69, 9.17) is 11.6 Å². The summed E-state index contributed by atoms with van der Waals surface area (Å²) >= 11 is 7.58. The molecule has 0 spiro atoms. The molecular formula is C19H23ClN4O3S. The van der Waals surface area contributed by atoms with Crippen molar-refractivity contribution in [1.82, 2.24) is 9.80 Å². The van der Waals surface area contributed by atoms with Gasteiger partial charge in [0, 0.05) is 68.4 Å². The van der Waals surface area contributed by atoms with Gasteiger partial charge >= 0.3 is 0 Å². The monoisotopic (exact) mass is 422 g/mol. The molecule has 0 atom stereocenters. The smallest absolute Gasteiger partial charge is 0.269 e. The molecule has 1 fully saturated rings. The second-order valence-corrected chi connectivity index (χ2v) is 8.50. The van der Waals surface area contributed by atoms with Crippen LogP contribution in [-0.4, -0.2) is 53.4 Å². The highest BCUT2D eigenvalue weighted by Crippen LogP contribution is 2.23. The van der Waals surface area contributed by atoms with Crippen LogP contribution in [0.25, 0.3) is 0 Å². The molecule has 0 radical (unpaired) electrons. The van der Waals surface area contributed by atoms with Crippen molar-refractivity contribution in [3.05, 3.63) is 55.7 Å². The molecule has 3 rings (SSSR count). The third-order valence-corrected chi connectivity index (χ3v) is 5.92. The summed E-state index contributed by atoms with van der Waals surface area (Å²) in [6.07, 6.45) is 1.23. The first kappa shape index (κ1) is 20.6. The number of amides is 1. The molecule has 1 aromatic carbocycles. The molecule has 1 saturated heterocycles. The first-order valence-electron chi connectivity index (χ1n) is 9.24. The van der Waals surface area contributed by atoms with Gasteiger partial charge in [-0.2, -0.15) is 0 Å². The van der Waals surface area contributed by atoms with Gasteiger partial charge in [-0.1, -0.05) is 11.6 Å². The summed E-state index contributed by atoms with van der Waals surface area (Å²) in [7, 11) is 0. The average Bonchev–Trinajstić information content (AvgIpc) is 3.10. The highest BCUT2D eigenvalue weighted by atomic mass is 35.5. The lowest BCUT2D eigenvalue weighted by atomic mass is 10.2. The van der Waals surface area contributed by atoms with Crippen molar-refractivity contribution in [2.45, 2.75) is 19.4 Å². The average molecular weight is 423 g/mol. The number of benzene rings is 1. The van der Waals surface area contributed by atoms with Crippen LogP contribution >= 0.6 is 22.9 Å². The van der Waals surface area contributed by atoms with Gasteiger partial charge in [-0.15, -0.1) is 11.3 Å². The Morgan fingerprint density at radius 2 is 1.86 bits per heavy atom. The standard InChI is InChI=1S/C19H23ClN4O3S/c20-18-8-7-17(28-18)14-22-10-12-23(13-11-22)19(25)2-1-9-21-15-3-5-16(6-4-15)24(26)27/h3-8,21H,1-2,9-14H2. The van der Waals surface area contributed by atoms with Crippen molar-refractivity contribution >= 4 is 40.2 Å². The summed E-state index contributed by atoms with van der Waals surface area (Å²) in [6, 6.07) is 10.3. The van der Waals surface area contributed by atoms with Crippen LogP contribution in [-0.2, 0) is 11.3 Å². The largest absolute Gasteiger partial charge is 0.385 e. The van der Waals surface area contributed by atoms with Crippen LogP contribution in [0.4, 0.5) is 11.4 Å². The van der Waals surface area contributed by atoms with Crippen LogP contribution in [0.1, 0.15) is 17.7 Å². The predicted octanol–water partition coefficient (Wildman–Crippen LogP) is 3.85. The number of nitro groups is 1. The minimum atomic E-state index is -0.419. The van der Waals surface area contributed by atoms with E-state index in [0.29, 0.717) is 13.0 Å². The zero-order valence-corrected chi connectivity index (χ0v) is 17.0. The number of nitro benzene ring substituents is 1. The Balaban J connectivity index is 1.32. The highest BCUT2D eigenvalue weighted by molar-refractivity contribution is 7.16. The molecule has 1 aliphatic heterocycles. The maximum absolute atomic E-state index is 12.4. The molecular weight excluding hydrogens is 400 g/mol. The van der Waals surface area contributed by atoms with Crippen molar-refractivity contribution in [2.75, 3.05) is 38.0 Å². The SMILES string of the molecule is O=C(CCCNc1ccc([N+](=O)[O-])cc1)N1CCN(Cc2ccc(Cl)s2)CC1. The number of piperazine rings is 1. The van der Waals surface area contributed by atoms with Gasteiger partial charge in [0.05, 0.1) is 9.26 Å². The zero-order valence-electron chi connectivity index (χ0n) is 15.5. The number of nitrogens with zero attached hydrogens (tertiary/aromatic N) is 3. The predicted molar refractivity (Wildman–Crippen MR) is 112 cm³/mol. The lowest BCUT2D eigenvalue weighted by molar-refractivity contribution is -0.384. The molecule has 7 nitrogen and oxygen atoms in total. The molecule has 2 aromatic rings. The molecule has 1 N–H and O–H groups in total. The van der Waals surface area contributed by atoms with Gasteiger partial charge in [0.25, 0.3) is 5.69 Å². The van der Waals surface area contributed by atoms with Crippen molar-refractivity contribution in [2.24, 2.45) is 0 Å². The normalized spacial score (nSPS) is 14.8. The molecule has 0 unspecified atom stereocenters. The summed E-state index contributed by atoms with van der Waals surface area (Å²) in [4.78, 5) is 28.1. The lowest BCUT2D eigenvalue weighted by Gasteiger charge is -2.34. The fourth-order valence-corrected chi connectivity index (χ4v) is 4.27. The number of carbonyl (C=O) groups is 1. The van der Waals surface area contributed by atoms with Crippen LogP contribution in [0.5, 0.6) is 0 Å². The van der Waals surface area contributed by atoms with Crippen molar-refractivity contribution in [3.8, 4) is 0 Å². The van der Waals surface area contributed by atoms with Gasteiger partial charge in [-0.3, -0.25) is 19.8 Å². The summed E-state index contributed by atoms with van der Waals surface area (Å²) < 4.78 is 0.811. The van der Waals surface area contributed by atoms with Gasteiger partial charge < -0.3 is 10.2 Å². The molecule has 28 heavy (non-hydrogen) atoms. The number of nitrogens with one attached hydrogen (secondary N) is 1. The van der Waals surface area contributed by atoms with E-state index in [-0.39, 0.29) is 11.6 Å². The quantitative estimate of drug-likeness (QED) is 0.397. The van der Waals surface area contributed by atoms with Crippen LogP contribution in [0.15, 0.2) is 36.4 Å². The summed E-state index contributed by atoms with van der Waals surface area (Å²) in [6.45, 7) is 4.81. The number of carbonyl (C=O) groups excluding carboxylic acids is 1. The number of thiophene rings is 1. The second kappa shape index (κ2) is 9.86. The van der Waals surface area contributed by atoms with Crippen molar-refractivity contribution in [3.63, 3.8) is 0 Å². The molecule has 0 aliphatic carbocycles. The van der Waals surface area contributed by atoms with E-state index >= 15 is 0 Å². The minimum absolute atomic E-state index is 0.0713. The van der Waals surface area contributed by atoms with E-state index in [2.05, 4.69) is 16.3 Å². The Hall–Kier alpha value is -2.16. The van der Waals surface area contributed by atoms with E-state index in [9.17, 15) is 14.9 Å². The zero-order chi connectivity index (χ0) is 19.9. The summed E-state index contributed by atoms with van der Waals surface area (Å²) in [5.74, 6) is 0.185. The maximum atomic E-state index is 12.4. The van der Waals surface area contributed by atoms with Crippen LogP contribution in [0, 0.1) is 10.1 Å². The molecule has 0 saturated carbocycles. The third kappa shape index (κ3) is 5.92. The van der Waals surface area contributed by atoms with E-state index in [1.165, 1.54) is 17.0 Å². The summed E-state index contributed by atoms with van der Waals surface area (Å²) in [5.41, 5.74) is 0.891. The maximum Gasteiger partial charge on any atom is 0.269 e. The van der Waals surface area contributed by atoms with Gasteiger partial charge in [0.2, 0.25) is 5.91 Å². The van der Waals surface area contributed by atoms with Crippen LogP contribution in [0.2, 0.25) is 4.34 Å². The number of anilines is 1. The Morgan fingerprint density at radius 1 is 1.14 bits per heavy atom. The van der Waals surface area contributed by atoms with E-state index in [0.717, 1.165) is 49.2 Å². The first-order valence-corrected chi connectivity index (χ1v) is 10.4. The van der Waals surface area contributed by atoms with Crippen LogP contribution < -0.4 is 5.32 Å². The summed E-state index contributed by atoms with van der Waals surface area (Å²) in [5, 5.41) is 13.8. The number of halogens is 1. The topological polar surface area (TPSA) is 78.7 Å². The Morgan fingerprint density at radius 3 is 2.46 bits per heavy atom. The first-order chi connectivity index (χ1) is 13.5. The van der Waals surface area contributed by atoms with E-state index < -0.39 is 4.92 Å². The van der Waals surface area contributed by atoms with Gasteiger partial charge in [-0.05, 0) is 30.7 Å². The van der Waals surface area contributed by atoms with E-state index in [1.54, 1.807) is 23.5 Å². The van der Waals surface area contributed by atoms with Gasteiger partial charge in [-0.25, -0.2) is 0 Å². The highest BCUT2D eigenvalue weighted by Gasteiger charge is 2.21. The number of rotatable bonds is 8. The van der Waals surface area contributed by atoms with Crippen molar-refractivity contribution < 1.29 is 9.72 Å². The third-order valence-electron chi connectivity index (χ3n) is 4.71. The Bertz CT molecular complexity index is 804. The molecule has 1 amide bonds. The molecule has 2 heterocycles.